The number of carbonyl (C=O) groups is 2. The van der Waals surface area contributed by atoms with E-state index in [0.717, 1.165) is 5.56 Å². The number of halogens is 1. The van der Waals surface area contributed by atoms with Crippen molar-refractivity contribution in [2.24, 2.45) is 0 Å². The van der Waals surface area contributed by atoms with E-state index in [-0.39, 0.29) is 30.6 Å². The van der Waals surface area contributed by atoms with Crippen LogP contribution in [0.25, 0.3) is 0 Å². The van der Waals surface area contributed by atoms with E-state index >= 15 is 0 Å². The van der Waals surface area contributed by atoms with Gasteiger partial charge in [-0.25, -0.2) is 4.39 Å². The lowest BCUT2D eigenvalue weighted by Gasteiger charge is -2.27. The Hall–Kier alpha value is -3.71. The van der Waals surface area contributed by atoms with E-state index in [1.54, 1.807) is 53.3 Å². The third kappa shape index (κ3) is 5.80. The Morgan fingerprint density at radius 2 is 1.71 bits per heavy atom. The van der Waals surface area contributed by atoms with Crippen LogP contribution in [0, 0.1) is 5.82 Å². The lowest BCUT2D eigenvalue weighted by Crippen LogP contribution is -2.41. The maximum absolute atomic E-state index is 13.8. The molecule has 7 heteroatoms. The Bertz CT molecular complexity index is 1140. The molecule has 4 rings (SSSR count). The van der Waals surface area contributed by atoms with Gasteiger partial charge in [0.05, 0.1) is 33.3 Å². The predicted molar refractivity (Wildman–Crippen MR) is 127 cm³/mol. The number of rotatable bonds is 7. The van der Waals surface area contributed by atoms with Gasteiger partial charge in [-0.3, -0.25) is 9.59 Å². The van der Waals surface area contributed by atoms with Crippen LogP contribution in [0.3, 0.4) is 0 Å². The summed E-state index contributed by atoms with van der Waals surface area (Å²) in [4.78, 5) is 29.4. The molecule has 0 radical (unpaired) electrons. The van der Waals surface area contributed by atoms with Crippen molar-refractivity contribution < 1.29 is 23.5 Å². The number of ether oxygens (including phenoxy) is 2. The fourth-order valence-electron chi connectivity index (χ4n) is 3.90. The Balaban J connectivity index is 1.57. The largest absolute Gasteiger partial charge is 0.497 e. The Labute approximate surface area is 198 Å². The highest BCUT2D eigenvalue weighted by Gasteiger charge is 2.20. The lowest BCUT2D eigenvalue weighted by molar-refractivity contribution is -0.134. The van der Waals surface area contributed by atoms with Crippen LogP contribution in [0.1, 0.15) is 21.5 Å². The van der Waals surface area contributed by atoms with Crippen molar-refractivity contribution in [2.45, 2.75) is 13.0 Å². The Morgan fingerprint density at radius 3 is 2.41 bits per heavy atom. The first-order valence-corrected chi connectivity index (χ1v) is 11.2. The van der Waals surface area contributed by atoms with E-state index in [4.69, 9.17) is 9.47 Å². The highest BCUT2D eigenvalue weighted by Crippen LogP contribution is 2.23. The van der Waals surface area contributed by atoms with E-state index in [2.05, 4.69) is 0 Å². The first kappa shape index (κ1) is 23.4. The highest BCUT2D eigenvalue weighted by atomic mass is 19.1. The van der Waals surface area contributed by atoms with Gasteiger partial charge in [-0.2, -0.15) is 0 Å². The molecule has 0 spiro atoms. The fourth-order valence-corrected chi connectivity index (χ4v) is 3.90. The summed E-state index contributed by atoms with van der Waals surface area (Å²) in [5, 5.41) is 0. The average Bonchev–Trinajstić information content (AvgIpc) is 2.88. The second-order valence-corrected chi connectivity index (χ2v) is 8.09. The van der Waals surface area contributed by atoms with Crippen molar-refractivity contribution in [1.29, 1.82) is 0 Å². The van der Waals surface area contributed by atoms with Gasteiger partial charge in [0.15, 0.2) is 0 Å². The number of carbonyl (C=O) groups excluding carboxylic acids is 2. The summed E-state index contributed by atoms with van der Waals surface area (Å²) in [7, 11) is 1.55. The maximum atomic E-state index is 13.8. The number of benzene rings is 3. The number of anilines is 1. The van der Waals surface area contributed by atoms with Crippen molar-refractivity contribution in [1.82, 2.24) is 4.90 Å². The van der Waals surface area contributed by atoms with Crippen LogP contribution < -0.4 is 9.64 Å². The minimum atomic E-state index is -0.358. The molecule has 1 aliphatic rings. The van der Waals surface area contributed by atoms with Gasteiger partial charge in [-0.15, -0.1) is 0 Å². The number of nitrogens with zero attached hydrogens (tertiary/aromatic N) is 2. The van der Waals surface area contributed by atoms with Gasteiger partial charge >= 0.3 is 0 Å². The summed E-state index contributed by atoms with van der Waals surface area (Å²) in [5.41, 5.74) is 2.64. The molecule has 0 bridgehead atoms. The molecule has 2 amide bonds. The lowest BCUT2D eigenvalue weighted by atomic mass is 10.1. The van der Waals surface area contributed by atoms with E-state index in [9.17, 15) is 14.0 Å². The molecule has 0 N–H and O–H groups in total. The standard InChI is InChI=1S/C27H27FN2O4/c1-33-25-7-3-5-22(18-25)27(32)30(19-21-4-2-6-23(28)16-21)24-10-8-20(9-11-24)17-26(31)29-12-14-34-15-13-29/h2-11,16,18H,12-15,17,19H2,1H3. The van der Waals surface area contributed by atoms with Crippen molar-refractivity contribution >= 4 is 17.5 Å². The molecule has 0 aromatic heterocycles. The quantitative estimate of drug-likeness (QED) is 0.531. The molecular formula is C27H27FN2O4. The van der Waals surface area contributed by atoms with E-state index in [0.29, 0.717) is 48.9 Å². The molecule has 34 heavy (non-hydrogen) atoms. The monoisotopic (exact) mass is 462 g/mol. The number of hydrogen-bond donors (Lipinski definition) is 0. The van der Waals surface area contributed by atoms with E-state index < -0.39 is 0 Å². The first-order valence-electron chi connectivity index (χ1n) is 11.2. The van der Waals surface area contributed by atoms with Crippen molar-refractivity contribution in [3.8, 4) is 5.75 Å². The minimum absolute atomic E-state index is 0.0557. The van der Waals surface area contributed by atoms with Crippen molar-refractivity contribution in [3.63, 3.8) is 0 Å². The van der Waals surface area contributed by atoms with Crippen molar-refractivity contribution in [2.75, 3.05) is 38.3 Å². The summed E-state index contributed by atoms with van der Waals surface area (Å²) in [5.74, 6) is 0.0391. The third-order valence-corrected chi connectivity index (χ3v) is 5.76. The zero-order valence-corrected chi connectivity index (χ0v) is 19.1. The Morgan fingerprint density at radius 1 is 0.971 bits per heavy atom. The van der Waals surface area contributed by atoms with Gasteiger partial charge in [0.2, 0.25) is 5.91 Å². The zero-order chi connectivity index (χ0) is 23.9. The van der Waals surface area contributed by atoms with Crippen LogP contribution in [0.15, 0.2) is 72.8 Å². The second kappa shape index (κ2) is 10.9. The van der Waals surface area contributed by atoms with Gasteiger partial charge in [0.25, 0.3) is 5.91 Å². The minimum Gasteiger partial charge on any atom is -0.497 e. The molecule has 176 valence electrons. The second-order valence-electron chi connectivity index (χ2n) is 8.09. The topological polar surface area (TPSA) is 59.1 Å². The van der Waals surface area contributed by atoms with Gasteiger partial charge in [-0.05, 0) is 53.6 Å². The average molecular weight is 463 g/mol. The third-order valence-electron chi connectivity index (χ3n) is 5.76. The van der Waals surface area contributed by atoms with Crippen LogP contribution in [0.4, 0.5) is 10.1 Å². The van der Waals surface area contributed by atoms with E-state index in [1.165, 1.54) is 12.1 Å². The molecule has 1 heterocycles. The van der Waals surface area contributed by atoms with Crippen molar-refractivity contribution in [3.05, 3.63) is 95.3 Å². The van der Waals surface area contributed by atoms with Crippen LogP contribution in [0.5, 0.6) is 5.75 Å². The van der Waals surface area contributed by atoms with E-state index in [1.807, 2.05) is 24.3 Å². The maximum Gasteiger partial charge on any atom is 0.258 e. The first-order chi connectivity index (χ1) is 16.5. The van der Waals surface area contributed by atoms with Crippen LogP contribution in [0.2, 0.25) is 0 Å². The number of amides is 2. The molecule has 0 saturated carbocycles. The SMILES string of the molecule is COc1cccc(C(=O)N(Cc2cccc(F)c2)c2ccc(CC(=O)N3CCOCC3)cc2)c1. The van der Waals surface area contributed by atoms with Gasteiger partial charge in [0.1, 0.15) is 11.6 Å². The molecule has 6 nitrogen and oxygen atoms in total. The molecule has 0 aliphatic carbocycles. The number of methoxy groups -OCH3 is 1. The number of hydrogen-bond acceptors (Lipinski definition) is 4. The van der Waals surface area contributed by atoms with Gasteiger partial charge in [0, 0.05) is 24.3 Å². The summed E-state index contributed by atoms with van der Waals surface area (Å²) in [6.07, 6.45) is 0.286. The molecule has 3 aromatic rings. The van der Waals surface area contributed by atoms with Crippen LogP contribution >= 0.6 is 0 Å². The smallest absolute Gasteiger partial charge is 0.258 e. The fraction of sp³-hybridized carbons (Fsp3) is 0.259. The summed E-state index contributed by atoms with van der Waals surface area (Å²) < 4.78 is 24.4. The van der Waals surface area contributed by atoms with Crippen LogP contribution in [-0.4, -0.2) is 50.1 Å². The molecule has 1 saturated heterocycles. The molecular weight excluding hydrogens is 435 g/mol. The zero-order valence-electron chi connectivity index (χ0n) is 19.1. The molecule has 1 fully saturated rings. The molecule has 0 unspecified atom stereocenters. The molecule has 1 aliphatic heterocycles. The predicted octanol–water partition coefficient (Wildman–Crippen LogP) is 4.08. The highest BCUT2D eigenvalue weighted by molar-refractivity contribution is 6.06. The molecule has 3 aromatic carbocycles. The van der Waals surface area contributed by atoms with Crippen LogP contribution in [-0.2, 0) is 22.5 Å². The normalized spacial score (nSPS) is 13.4. The molecule has 0 atom stereocenters. The summed E-state index contributed by atoms with van der Waals surface area (Å²) >= 11 is 0. The summed E-state index contributed by atoms with van der Waals surface area (Å²) in [6.45, 7) is 2.53. The summed E-state index contributed by atoms with van der Waals surface area (Å²) in [6, 6.07) is 20.5. The van der Waals surface area contributed by atoms with Gasteiger partial charge in [-0.1, -0.05) is 30.3 Å². The number of morpholine rings is 1. The van der Waals surface area contributed by atoms with Gasteiger partial charge < -0.3 is 19.3 Å². The Kier molecular flexibility index (Phi) is 7.54.